The van der Waals surface area contributed by atoms with Crippen molar-refractivity contribution in [1.29, 1.82) is 0 Å². The first-order chi connectivity index (χ1) is 13.1. The molecule has 0 unspecified atom stereocenters. The van der Waals surface area contributed by atoms with Crippen LogP contribution in [0.25, 0.3) is 28.5 Å². The number of carboxylic acids is 1. The van der Waals surface area contributed by atoms with E-state index in [4.69, 9.17) is 10.1 Å². The number of nitrogens with zero attached hydrogens (tertiary/aromatic N) is 2. The summed E-state index contributed by atoms with van der Waals surface area (Å²) in [5.41, 5.74) is 5.22. The SMILES string of the molecule is Br.Br.Cn1c(-c2ccc(C3CCNCC3)cc2)nc2cc(C=CC(=O)O)ccc21. The van der Waals surface area contributed by atoms with Gasteiger partial charge in [-0.2, -0.15) is 0 Å². The number of aryl methyl sites for hydroxylation is 1. The molecule has 29 heavy (non-hydrogen) atoms. The van der Waals surface area contributed by atoms with Gasteiger partial charge in [-0.25, -0.2) is 9.78 Å². The summed E-state index contributed by atoms with van der Waals surface area (Å²) in [4.78, 5) is 15.5. The van der Waals surface area contributed by atoms with Gasteiger partial charge in [0.15, 0.2) is 0 Å². The monoisotopic (exact) mass is 521 g/mol. The predicted molar refractivity (Wildman–Crippen MR) is 128 cm³/mol. The van der Waals surface area contributed by atoms with Crippen molar-refractivity contribution in [1.82, 2.24) is 14.9 Å². The van der Waals surface area contributed by atoms with Gasteiger partial charge in [-0.3, -0.25) is 0 Å². The average molecular weight is 523 g/mol. The molecule has 2 N–H and O–H groups in total. The molecule has 0 amide bonds. The first-order valence-electron chi connectivity index (χ1n) is 9.30. The van der Waals surface area contributed by atoms with Gasteiger partial charge in [-0.15, -0.1) is 34.0 Å². The number of fused-ring (bicyclic) bond motifs is 1. The Morgan fingerprint density at radius 2 is 1.83 bits per heavy atom. The molecule has 0 saturated carbocycles. The number of carbonyl (C=O) groups is 1. The van der Waals surface area contributed by atoms with E-state index in [0.29, 0.717) is 5.92 Å². The Morgan fingerprint density at radius 1 is 1.14 bits per heavy atom. The molecular weight excluding hydrogens is 498 g/mol. The van der Waals surface area contributed by atoms with Crippen LogP contribution in [0, 0.1) is 0 Å². The number of hydrogen-bond acceptors (Lipinski definition) is 3. The Labute approximate surface area is 191 Å². The fourth-order valence-corrected chi connectivity index (χ4v) is 3.81. The lowest BCUT2D eigenvalue weighted by molar-refractivity contribution is -0.131. The first-order valence-corrected chi connectivity index (χ1v) is 9.30. The highest BCUT2D eigenvalue weighted by Crippen LogP contribution is 2.29. The lowest BCUT2D eigenvalue weighted by Gasteiger charge is -2.23. The molecule has 0 atom stereocenters. The lowest BCUT2D eigenvalue weighted by atomic mass is 9.90. The van der Waals surface area contributed by atoms with E-state index in [1.165, 1.54) is 18.4 Å². The van der Waals surface area contributed by atoms with Gasteiger partial charge in [-0.1, -0.05) is 30.3 Å². The maximum absolute atomic E-state index is 10.7. The summed E-state index contributed by atoms with van der Waals surface area (Å²) < 4.78 is 2.08. The number of aromatic nitrogens is 2. The van der Waals surface area contributed by atoms with Gasteiger partial charge >= 0.3 is 5.97 Å². The lowest BCUT2D eigenvalue weighted by Crippen LogP contribution is -2.26. The Balaban J connectivity index is 0.00000150. The van der Waals surface area contributed by atoms with Crippen molar-refractivity contribution in [3.63, 3.8) is 0 Å². The van der Waals surface area contributed by atoms with Crippen molar-refractivity contribution in [3.05, 3.63) is 59.7 Å². The summed E-state index contributed by atoms with van der Waals surface area (Å²) in [5.74, 6) is 0.608. The van der Waals surface area contributed by atoms with Crippen molar-refractivity contribution in [3.8, 4) is 11.4 Å². The third-order valence-electron chi connectivity index (χ3n) is 5.30. The quantitative estimate of drug-likeness (QED) is 0.475. The van der Waals surface area contributed by atoms with Gasteiger partial charge in [0, 0.05) is 18.7 Å². The van der Waals surface area contributed by atoms with Crippen LogP contribution in [0.5, 0.6) is 0 Å². The van der Waals surface area contributed by atoms with Crippen molar-refractivity contribution in [2.75, 3.05) is 13.1 Å². The third-order valence-corrected chi connectivity index (χ3v) is 5.30. The number of rotatable bonds is 4. The van der Waals surface area contributed by atoms with Crippen LogP contribution in [0.1, 0.15) is 29.9 Å². The number of piperidine rings is 1. The standard InChI is InChI=1S/C22H23N3O2.2BrH/c1-25-20-8-2-15(3-9-21(26)27)14-19(20)24-22(25)18-6-4-16(5-7-18)17-10-12-23-13-11-17;;/h2-9,14,17,23H,10-13H2,1H3,(H,26,27);2*1H. The van der Waals surface area contributed by atoms with Gasteiger partial charge in [0.1, 0.15) is 5.82 Å². The Hall–Kier alpha value is -1.96. The Morgan fingerprint density at radius 3 is 2.48 bits per heavy atom. The summed E-state index contributed by atoms with van der Waals surface area (Å²) in [7, 11) is 2.01. The molecule has 5 nitrogen and oxygen atoms in total. The molecule has 3 aromatic rings. The van der Waals surface area contributed by atoms with Crippen molar-refractivity contribution < 1.29 is 9.90 Å². The zero-order chi connectivity index (χ0) is 18.8. The molecule has 2 heterocycles. The van der Waals surface area contributed by atoms with Crippen LogP contribution >= 0.6 is 34.0 Å². The topological polar surface area (TPSA) is 67.2 Å². The summed E-state index contributed by atoms with van der Waals surface area (Å²) in [6.07, 6.45) is 5.12. The number of imidazole rings is 1. The summed E-state index contributed by atoms with van der Waals surface area (Å²) >= 11 is 0. The second-order valence-corrected chi connectivity index (χ2v) is 7.06. The number of nitrogens with one attached hydrogen (secondary N) is 1. The molecule has 1 aliphatic heterocycles. The minimum atomic E-state index is -0.953. The van der Waals surface area contributed by atoms with Crippen molar-refractivity contribution in [2.45, 2.75) is 18.8 Å². The molecular formula is C22H25Br2N3O2. The fourth-order valence-electron chi connectivity index (χ4n) is 3.81. The summed E-state index contributed by atoms with van der Waals surface area (Å²) in [5, 5.41) is 12.2. The molecule has 7 heteroatoms. The smallest absolute Gasteiger partial charge is 0.328 e. The maximum atomic E-state index is 10.7. The Kier molecular flexibility index (Phi) is 8.19. The van der Waals surface area contributed by atoms with Gasteiger partial charge < -0.3 is 15.0 Å². The van der Waals surface area contributed by atoms with Gasteiger partial charge in [0.25, 0.3) is 0 Å². The van der Waals surface area contributed by atoms with E-state index >= 15 is 0 Å². The molecule has 4 rings (SSSR count). The van der Waals surface area contributed by atoms with E-state index in [-0.39, 0.29) is 34.0 Å². The molecule has 1 fully saturated rings. The molecule has 0 bridgehead atoms. The second kappa shape index (κ2) is 10.2. The maximum Gasteiger partial charge on any atom is 0.328 e. The minimum absolute atomic E-state index is 0. The molecule has 1 saturated heterocycles. The van der Waals surface area contributed by atoms with Crippen molar-refractivity contribution >= 4 is 57.0 Å². The third kappa shape index (κ3) is 5.15. The van der Waals surface area contributed by atoms with Crippen LogP contribution in [-0.2, 0) is 11.8 Å². The van der Waals surface area contributed by atoms with E-state index in [1.807, 2.05) is 25.2 Å². The van der Waals surface area contributed by atoms with Crippen LogP contribution < -0.4 is 5.32 Å². The van der Waals surface area contributed by atoms with Crippen LogP contribution in [0.3, 0.4) is 0 Å². The summed E-state index contributed by atoms with van der Waals surface area (Å²) in [6.45, 7) is 2.19. The van der Waals surface area contributed by atoms with Gasteiger partial charge in [-0.05, 0) is 61.2 Å². The van der Waals surface area contributed by atoms with Crippen LogP contribution in [0.2, 0.25) is 0 Å². The van der Waals surface area contributed by atoms with Crippen LogP contribution in [0.15, 0.2) is 48.5 Å². The largest absolute Gasteiger partial charge is 0.478 e. The molecule has 0 aliphatic carbocycles. The molecule has 154 valence electrons. The predicted octanol–water partition coefficient (Wildman–Crippen LogP) is 4.96. The highest BCUT2D eigenvalue weighted by molar-refractivity contribution is 8.93. The highest BCUT2D eigenvalue weighted by Gasteiger charge is 2.16. The van der Waals surface area contributed by atoms with E-state index in [9.17, 15) is 4.79 Å². The summed E-state index contributed by atoms with van der Waals surface area (Å²) in [6, 6.07) is 14.6. The number of aliphatic carboxylic acids is 1. The molecule has 1 aromatic heterocycles. The average Bonchev–Trinajstić information content (AvgIpc) is 3.03. The van der Waals surface area contributed by atoms with E-state index in [2.05, 4.69) is 34.1 Å². The first kappa shape index (κ1) is 23.3. The van der Waals surface area contributed by atoms with Crippen LogP contribution in [0.4, 0.5) is 0 Å². The molecule has 2 aromatic carbocycles. The normalized spacial score (nSPS) is 14.5. The van der Waals surface area contributed by atoms with E-state index in [0.717, 1.165) is 47.2 Å². The number of carboxylic acid groups (broad SMARTS) is 1. The van der Waals surface area contributed by atoms with Crippen LogP contribution in [-0.4, -0.2) is 33.7 Å². The number of hydrogen-bond donors (Lipinski definition) is 2. The zero-order valence-electron chi connectivity index (χ0n) is 16.2. The number of benzene rings is 2. The van der Waals surface area contributed by atoms with E-state index in [1.54, 1.807) is 6.08 Å². The molecule has 0 spiro atoms. The van der Waals surface area contributed by atoms with Gasteiger partial charge in [0.2, 0.25) is 0 Å². The van der Waals surface area contributed by atoms with Gasteiger partial charge in [0.05, 0.1) is 11.0 Å². The van der Waals surface area contributed by atoms with E-state index < -0.39 is 5.97 Å². The zero-order valence-corrected chi connectivity index (χ0v) is 19.6. The molecule has 1 aliphatic rings. The minimum Gasteiger partial charge on any atom is -0.478 e. The highest BCUT2D eigenvalue weighted by atomic mass is 79.9. The van der Waals surface area contributed by atoms with Crippen molar-refractivity contribution in [2.24, 2.45) is 7.05 Å². The second-order valence-electron chi connectivity index (χ2n) is 7.06. The fraction of sp³-hybridized carbons (Fsp3) is 0.273. The number of halogens is 2. The molecule has 0 radical (unpaired) electrons. The Bertz CT molecular complexity index is 1010.